The fourth-order valence-electron chi connectivity index (χ4n) is 2.60. The first kappa shape index (κ1) is 16.5. The molecular weight excluding hydrogens is 280 g/mol. The molecule has 22 heavy (non-hydrogen) atoms. The number of aryl methyl sites for hydroxylation is 1. The topological polar surface area (TPSA) is 58.6 Å². The van der Waals surface area contributed by atoms with Gasteiger partial charge >= 0.3 is 6.09 Å². The second kappa shape index (κ2) is 6.50. The standard InChI is InChI=1S/C16H26N4O2/c1-12-8-9-17-14(18-12)19(5)11-13-7-6-10-20(13)15(21)22-16(2,3)4/h8-9,13H,6-7,10-11H2,1-5H3/t13-/m0/s1. The quantitative estimate of drug-likeness (QED) is 0.859. The zero-order chi connectivity index (χ0) is 16.3. The second-order valence-corrected chi connectivity index (χ2v) is 6.85. The van der Waals surface area contributed by atoms with Gasteiger partial charge in [0.15, 0.2) is 0 Å². The van der Waals surface area contributed by atoms with E-state index in [9.17, 15) is 4.79 Å². The van der Waals surface area contributed by atoms with Crippen LogP contribution < -0.4 is 4.90 Å². The van der Waals surface area contributed by atoms with Crippen LogP contribution in [0.3, 0.4) is 0 Å². The van der Waals surface area contributed by atoms with Crippen molar-refractivity contribution in [3.8, 4) is 0 Å². The molecule has 0 radical (unpaired) electrons. The minimum absolute atomic E-state index is 0.143. The van der Waals surface area contributed by atoms with E-state index >= 15 is 0 Å². The van der Waals surface area contributed by atoms with E-state index in [4.69, 9.17) is 4.74 Å². The van der Waals surface area contributed by atoms with Gasteiger partial charge in [0, 0.05) is 32.0 Å². The van der Waals surface area contributed by atoms with Gasteiger partial charge in [0.25, 0.3) is 0 Å². The number of ether oxygens (including phenoxy) is 1. The Hall–Kier alpha value is -1.85. The SMILES string of the molecule is Cc1ccnc(N(C)C[C@@H]2CCCN2C(=O)OC(C)(C)C)n1. The van der Waals surface area contributed by atoms with E-state index in [1.165, 1.54) is 0 Å². The third-order valence-electron chi connectivity index (χ3n) is 3.61. The van der Waals surface area contributed by atoms with Crippen LogP contribution >= 0.6 is 0 Å². The molecule has 1 aromatic heterocycles. The lowest BCUT2D eigenvalue weighted by Gasteiger charge is -2.30. The van der Waals surface area contributed by atoms with Crippen LogP contribution in [0.25, 0.3) is 0 Å². The van der Waals surface area contributed by atoms with E-state index in [-0.39, 0.29) is 12.1 Å². The highest BCUT2D eigenvalue weighted by Gasteiger charge is 2.33. The number of amides is 1. The Kier molecular flexibility index (Phi) is 4.88. The number of likely N-dealkylation sites (tertiary alicyclic amines) is 1. The molecule has 1 aliphatic rings. The van der Waals surface area contributed by atoms with Crippen LogP contribution in [0.5, 0.6) is 0 Å². The van der Waals surface area contributed by atoms with Gasteiger partial charge in [-0.25, -0.2) is 14.8 Å². The van der Waals surface area contributed by atoms with Gasteiger partial charge in [0.05, 0.1) is 6.04 Å². The van der Waals surface area contributed by atoms with Crippen LogP contribution in [-0.4, -0.2) is 52.7 Å². The van der Waals surface area contributed by atoms with E-state index in [0.29, 0.717) is 12.5 Å². The largest absolute Gasteiger partial charge is 0.444 e. The summed E-state index contributed by atoms with van der Waals surface area (Å²) < 4.78 is 5.50. The Bertz CT molecular complexity index is 527. The molecule has 6 nitrogen and oxygen atoms in total. The van der Waals surface area contributed by atoms with Crippen LogP contribution in [0.2, 0.25) is 0 Å². The molecule has 0 bridgehead atoms. The van der Waals surface area contributed by atoms with Gasteiger partial charge in [-0.2, -0.15) is 0 Å². The average Bonchev–Trinajstić information content (AvgIpc) is 2.85. The van der Waals surface area contributed by atoms with Crippen molar-refractivity contribution in [1.29, 1.82) is 0 Å². The molecule has 1 aromatic rings. The van der Waals surface area contributed by atoms with Crippen molar-refractivity contribution in [2.75, 3.05) is 25.0 Å². The predicted molar refractivity (Wildman–Crippen MR) is 86.0 cm³/mol. The fraction of sp³-hybridized carbons (Fsp3) is 0.688. The van der Waals surface area contributed by atoms with E-state index in [0.717, 1.165) is 25.1 Å². The highest BCUT2D eigenvalue weighted by atomic mass is 16.6. The number of carbonyl (C=O) groups excluding carboxylic acids is 1. The Morgan fingerprint density at radius 3 is 2.86 bits per heavy atom. The number of carbonyl (C=O) groups is 1. The molecule has 0 N–H and O–H groups in total. The summed E-state index contributed by atoms with van der Waals surface area (Å²) >= 11 is 0. The maximum Gasteiger partial charge on any atom is 0.410 e. The molecule has 0 aromatic carbocycles. The van der Waals surface area contributed by atoms with Gasteiger partial charge in [-0.1, -0.05) is 0 Å². The molecule has 1 saturated heterocycles. The first-order valence-corrected chi connectivity index (χ1v) is 7.76. The number of hydrogen-bond donors (Lipinski definition) is 0. The molecule has 0 unspecified atom stereocenters. The van der Waals surface area contributed by atoms with Gasteiger partial charge in [0.2, 0.25) is 5.95 Å². The zero-order valence-electron chi connectivity index (χ0n) is 14.2. The van der Waals surface area contributed by atoms with Crippen LogP contribution in [0.4, 0.5) is 10.7 Å². The van der Waals surface area contributed by atoms with Crippen molar-refractivity contribution < 1.29 is 9.53 Å². The van der Waals surface area contributed by atoms with Gasteiger partial charge in [-0.15, -0.1) is 0 Å². The summed E-state index contributed by atoms with van der Waals surface area (Å²) in [6.45, 7) is 9.08. The van der Waals surface area contributed by atoms with E-state index in [2.05, 4.69) is 9.97 Å². The maximum absolute atomic E-state index is 12.3. The monoisotopic (exact) mass is 306 g/mol. The Morgan fingerprint density at radius 2 is 2.23 bits per heavy atom. The molecule has 0 spiro atoms. The summed E-state index contributed by atoms with van der Waals surface area (Å²) in [5.74, 6) is 0.691. The third kappa shape index (κ3) is 4.32. The molecule has 2 rings (SSSR count). The summed E-state index contributed by atoms with van der Waals surface area (Å²) in [4.78, 5) is 24.8. The fourth-order valence-corrected chi connectivity index (χ4v) is 2.60. The first-order chi connectivity index (χ1) is 10.3. The molecule has 1 amide bonds. The van der Waals surface area contributed by atoms with Gasteiger partial charge in [-0.05, 0) is 46.6 Å². The Balaban J connectivity index is 2.00. The van der Waals surface area contributed by atoms with E-state index in [1.807, 2.05) is 50.6 Å². The lowest BCUT2D eigenvalue weighted by atomic mass is 10.2. The van der Waals surface area contributed by atoms with Crippen molar-refractivity contribution in [3.63, 3.8) is 0 Å². The highest BCUT2D eigenvalue weighted by molar-refractivity contribution is 5.69. The smallest absolute Gasteiger partial charge is 0.410 e. The lowest BCUT2D eigenvalue weighted by Crippen LogP contribution is -2.44. The molecule has 6 heteroatoms. The maximum atomic E-state index is 12.3. The molecule has 1 fully saturated rings. The van der Waals surface area contributed by atoms with Crippen LogP contribution in [-0.2, 0) is 4.74 Å². The summed E-state index contributed by atoms with van der Waals surface area (Å²) in [5.41, 5.74) is 0.475. The normalized spacial score (nSPS) is 18.4. The summed E-state index contributed by atoms with van der Waals surface area (Å²) in [6.07, 6.45) is 3.52. The van der Waals surface area contributed by atoms with Crippen molar-refractivity contribution >= 4 is 12.0 Å². The summed E-state index contributed by atoms with van der Waals surface area (Å²) in [5, 5.41) is 0. The second-order valence-electron chi connectivity index (χ2n) is 6.85. The van der Waals surface area contributed by atoms with Crippen LogP contribution in [0.1, 0.15) is 39.3 Å². The van der Waals surface area contributed by atoms with Crippen molar-refractivity contribution in [1.82, 2.24) is 14.9 Å². The molecular formula is C16H26N4O2. The molecule has 1 aliphatic heterocycles. The van der Waals surface area contributed by atoms with Crippen molar-refractivity contribution in [2.45, 2.75) is 52.2 Å². The van der Waals surface area contributed by atoms with Crippen molar-refractivity contribution in [2.24, 2.45) is 0 Å². The Morgan fingerprint density at radius 1 is 1.50 bits per heavy atom. The average molecular weight is 306 g/mol. The molecule has 0 aliphatic carbocycles. The number of anilines is 1. The molecule has 122 valence electrons. The molecule has 2 heterocycles. The van der Waals surface area contributed by atoms with Crippen LogP contribution in [0.15, 0.2) is 12.3 Å². The zero-order valence-corrected chi connectivity index (χ0v) is 14.2. The highest BCUT2D eigenvalue weighted by Crippen LogP contribution is 2.22. The van der Waals surface area contributed by atoms with E-state index < -0.39 is 5.60 Å². The third-order valence-corrected chi connectivity index (χ3v) is 3.61. The Labute approximate surface area is 132 Å². The van der Waals surface area contributed by atoms with Gasteiger partial charge < -0.3 is 14.5 Å². The number of nitrogens with zero attached hydrogens (tertiary/aromatic N) is 4. The number of rotatable bonds is 3. The minimum atomic E-state index is -0.463. The van der Waals surface area contributed by atoms with Gasteiger partial charge in [0.1, 0.15) is 5.60 Å². The minimum Gasteiger partial charge on any atom is -0.444 e. The molecule has 0 saturated carbocycles. The summed E-state index contributed by atoms with van der Waals surface area (Å²) in [6, 6.07) is 2.02. The van der Waals surface area contributed by atoms with Crippen LogP contribution in [0, 0.1) is 6.92 Å². The summed E-state index contributed by atoms with van der Waals surface area (Å²) in [7, 11) is 1.96. The predicted octanol–water partition coefficient (Wildman–Crippen LogP) is 2.62. The number of aromatic nitrogens is 2. The number of likely N-dealkylation sites (N-methyl/N-ethyl adjacent to an activating group) is 1. The van der Waals surface area contributed by atoms with Crippen molar-refractivity contribution in [3.05, 3.63) is 18.0 Å². The molecule has 1 atom stereocenters. The van der Waals surface area contributed by atoms with Gasteiger partial charge in [-0.3, -0.25) is 0 Å². The number of hydrogen-bond acceptors (Lipinski definition) is 5. The first-order valence-electron chi connectivity index (χ1n) is 7.76. The lowest BCUT2D eigenvalue weighted by molar-refractivity contribution is 0.0231. The van der Waals surface area contributed by atoms with E-state index in [1.54, 1.807) is 6.20 Å².